The molecule has 8 heteroatoms. The third-order valence-electron chi connectivity index (χ3n) is 3.91. The second kappa shape index (κ2) is 7.23. The average Bonchev–Trinajstić information content (AvgIpc) is 3.08. The fraction of sp³-hybridized carbons (Fsp3) is 0.400. The topological polar surface area (TPSA) is 58.1 Å². The summed E-state index contributed by atoms with van der Waals surface area (Å²) in [5, 5.41) is 5.96. The lowest BCUT2D eigenvalue weighted by atomic mass is 9.95. The maximum Gasteiger partial charge on any atom is 0.223 e. The van der Waals surface area contributed by atoms with Crippen LogP contribution in [0.4, 0.5) is 10.1 Å². The van der Waals surface area contributed by atoms with E-state index >= 15 is 0 Å². The summed E-state index contributed by atoms with van der Waals surface area (Å²) >= 11 is 7.35. The number of nitrogens with zero attached hydrogens (tertiary/aromatic N) is 3. The van der Waals surface area contributed by atoms with Gasteiger partial charge in [0.25, 0.3) is 0 Å². The van der Waals surface area contributed by atoms with Crippen molar-refractivity contribution in [3.05, 3.63) is 39.8 Å². The molecule has 2 aromatic rings. The zero-order valence-corrected chi connectivity index (χ0v) is 13.9. The number of amides is 1. The second-order valence-electron chi connectivity index (χ2n) is 5.36. The van der Waals surface area contributed by atoms with Gasteiger partial charge < -0.3 is 10.2 Å². The van der Waals surface area contributed by atoms with Crippen LogP contribution in [0.15, 0.2) is 23.8 Å². The molecule has 1 aliphatic rings. The number of thiazole rings is 1. The van der Waals surface area contributed by atoms with Crippen molar-refractivity contribution in [2.75, 3.05) is 18.0 Å². The number of rotatable bonds is 4. The van der Waals surface area contributed by atoms with E-state index in [0.717, 1.165) is 11.2 Å². The van der Waals surface area contributed by atoms with E-state index in [2.05, 4.69) is 15.3 Å². The van der Waals surface area contributed by atoms with E-state index in [1.54, 1.807) is 6.20 Å². The number of anilines is 1. The molecule has 0 unspecified atom stereocenters. The van der Waals surface area contributed by atoms with E-state index < -0.39 is 0 Å². The molecule has 23 heavy (non-hydrogen) atoms. The number of halogens is 2. The van der Waals surface area contributed by atoms with E-state index in [-0.39, 0.29) is 22.8 Å². The highest BCUT2D eigenvalue weighted by Crippen LogP contribution is 2.27. The lowest BCUT2D eigenvalue weighted by Crippen LogP contribution is -2.40. The Balaban J connectivity index is 1.53. The van der Waals surface area contributed by atoms with Gasteiger partial charge in [-0.3, -0.25) is 4.79 Å². The summed E-state index contributed by atoms with van der Waals surface area (Å²) in [4.78, 5) is 22.0. The van der Waals surface area contributed by atoms with Crippen molar-refractivity contribution in [2.24, 2.45) is 5.92 Å². The van der Waals surface area contributed by atoms with Gasteiger partial charge in [0.2, 0.25) is 5.91 Å². The van der Waals surface area contributed by atoms with Gasteiger partial charge in [0.1, 0.15) is 10.2 Å². The van der Waals surface area contributed by atoms with Crippen LogP contribution < -0.4 is 10.2 Å². The van der Waals surface area contributed by atoms with Gasteiger partial charge in [-0.25, -0.2) is 14.4 Å². The quantitative estimate of drug-likeness (QED) is 0.858. The third-order valence-corrected chi connectivity index (χ3v) is 4.89. The molecule has 122 valence electrons. The number of pyridine rings is 1. The van der Waals surface area contributed by atoms with Crippen LogP contribution >= 0.6 is 22.9 Å². The summed E-state index contributed by atoms with van der Waals surface area (Å²) in [5.74, 6) is -0.402. The first-order valence-electron chi connectivity index (χ1n) is 7.35. The molecule has 0 bridgehead atoms. The van der Waals surface area contributed by atoms with Crippen LogP contribution in [0.1, 0.15) is 17.8 Å². The lowest BCUT2D eigenvalue weighted by molar-refractivity contribution is -0.125. The summed E-state index contributed by atoms with van der Waals surface area (Å²) in [6.45, 7) is 1.70. The molecule has 1 aliphatic heterocycles. The van der Waals surface area contributed by atoms with E-state index in [1.807, 2.05) is 10.3 Å². The second-order valence-corrected chi connectivity index (χ2v) is 6.73. The molecule has 0 radical (unpaired) electrons. The van der Waals surface area contributed by atoms with Gasteiger partial charge in [-0.2, -0.15) is 0 Å². The highest BCUT2D eigenvalue weighted by molar-refractivity contribution is 7.09. The van der Waals surface area contributed by atoms with Crippen molar-refractivity contribution < 1.29 is 9.18 Å². The van der Waals surface area contributed by atoms with Crippen LogP contribution in [0, 0.1) is 11.7 Å². The number of carbonyl (C=O) groups excluding carboxylic acids is 1. The number of carbonyl (C=O) groups is 1. The van der Waals surface area contributed by atoms with Crippen molar-refractivity contribution in [2.45, 2.75) is 19.4 Å². The Labute approximate surface area is 142 Å². The van der Waals surface area contributed by atoms with Gasteiger partial charge in [-0.05, 0) is 12.8 Å². The molecular weight excluding hydrogens is 339 g/mol. The highest BCUT2D eigenvalue weighted by Gasteiger charge is 2.26. The molecule has 0 aromatic carbocycles. The zero-order chi connectivity index (χ0) is 16.2. The monoisotopic (exact) mass is 354 g/mol. The van der Waals surface area contributed by atoms with Gasteiger partial charge >= 0.3 is 0 Å². The first-order chi connectivity index (χ1) is 11.1. The molecule has 0 spiro atoms. The Morgan fingerprint density at radius 3 is 2.91 bits per heavy atom. The fourth-order valence-electron chi connectivity index (χ4n) is 2.68. The number of aromatic nitrogens is 2. The van der Waals surface area contributed by atoms with Crippen molar-refractivity contribution in [1.29, 1.82) is 0 Å². The van der Waals surface area contributed by atoms with Gasteiger partial charge in [-0.1, -0.05) is 11.6 Å². The molecule has 1 N–H and O–H groups in total. The van der Waals surface area contributed by atoms with Crippen LogP contribution in [0.2, 0.25) is 5.15 Å². The predicted octanol–water partition coefficient (Wildman–Crippen LogP) is 2.86. The normalized spacial score (nSPS) is 15.7. The smallest absolute Gasteiger partial charge is 0.223 e. The average molecular weight is 355 g/mol. The predicted molar refractivity (Wildman–Crippen MR) is 88.1 cm³/mol. The van der Waals surface area contributed by atoms with Crippen LogP contribution in [0.3, 0.4) is 0 Å². The molecule has 0 atom stereocenters. The number of hydrogen-bond donors (Lipinski definition) is 1. The number of hydrogen-bond acceptors (Lipinski definition) is 5. The maximum atomic E-state index is 13.8. The molecule has 1 fully saturated rings. The summed E-state index contributed by atoms with van der Waals surface area (Å²) in [7, 11) is 0. The van der Waals surface area contributed by atoms with E-state index in [4.69, 9.17) is 11.6 Å². The fourth-order valence-corrected chi connectivity index (χ4v) is 3.38. The maximum absolute atomic E-state index is 13.8. The minimum Gasteiger partial charge on any atom is -0.369 e. The van der Waals surface area contributed by atoms with Crippen molar-refractivity contribution in [3.8, 4) is 0 Å². The molecule has 5 nitrogen and oxygen atoms in total. The van der Waals surface area contributed by atoms with Gasteiger partial charge in [0.05, 0.1) is 18.4 Å². The first-order valence-corrected chi connectivity index (χ1v) is 8.61. The SMILES string of the molecule is O=C(NCc1nccs1)C1CCN(c2cc(Cl)ncc2F)CC1. The Kier molecular flexibility index (Phi) is 5.07. The first kappa shape index (κ1) is 16.1. The van der Waals surface area contributed by atoms with Crippen LogP contribution in [0.25, 0.3) is 0 Å². The van der Waals surface area contributed by atoms with Crippen molar-refractivity contribution >= 4 is 34.5 Å². The van der Waals surface area contributed by atoms with Crippen LogP contribution in [-0.4, -0.2) is 29.0 Å². The summed E-state index contributed by atoms with van der Waals surface area (Å²) in [5.41, 5.74) is 0.451. The van der Waals surface area contributed by atoms with E-state index in [9.17, 15) is 9.18 Å². The largest absolute Gasteiger partial charge is 0.369 e. The lowest BCUT2D eigenvalue weighted by Gasteiger charge is -2.33. The molecule has 3 rings (SSSR count). The summed E-state index contributed by atoms with van der Waals surface area (Å²) in [6, 6.07) is 1.53. The third kappa shape index (κ3) is 3.97. The zero-order valence-electron chi connectivity index (χ0n) is 12.3. The molecule has 3 heterocycles. The standard InChI is InChI=1S/C15H16ClFN4OS/c16-13-7-12(11(17)8-19-13)21-4-1-10(2-5-21)15(22)20-9-14-18-3-6-23-14/h3,6-8,10H,1-2,4-5,9H2,(H,20,22). The number of piperidine rings is 1. The Bertz CT molecular complexity index is 674. The van der Waals surface area contributed by atoms with Crippen LogP contribution in [-0.2, 0) is 11.3 Å². The molecule has 2 aromatic heterocycles. The Morgan fingerprint density at radius 1 is 1.43 bits per heavy atom. The van der Waals surface area contributed by atoms with Gasteiger partial charge in [-0.15, -0.1) is 11.3 Å². The number of nitrogens with one attached hydrogen (secondary N) is 1. The van der Waals surface area contributed by atoms with Crippen molar-refractivity contribution in [1.82, 2.24) is 15.3 Å². The van der Waals surface area contributed by atoms with E-state index in [1.165, 1.54) is 17.4 Å². The van der Waals surface area contributed by atoms with Crippen molar-refractivity contribution in [3.63, 3.8) is 0 Å². The Morgan fingerprint density at radius 2 is 2.22 bits per heavy atom. The summed E-state index contributed by atoms with van der Waals surface area (Å²) in [6.07, 6.45) is 4.22. The minimum absolute atomic E-state index is 0.0353. The molecule has 0 saturated carbocycles. The molecule has 1 amide bonds. The molecule has 0 aliphatic carbocycles. The molecule has 1 saturated heterocycles. The molecular formula is C15H16ClFN4OS. The van der Waals surface area contributed by atoms with Gasteiger partial charge in [0, 0.05) is 36.7 Å². The van der Waals surface area contributed by atoms with E-state index in [0.29, 0.717) is 38.2 Å². The minimum atomic E-state index is -0.388. The van der Waals surface area contributed by atoms with Crippen LogP contribution in [0.5, 0.6) is 0 Å². The highest BCUT2D eigenvalue weighted by atomic mass is 35.5. The Hall–Kier alpha value is -1.73. The summed E-state index contributed by atoms with van der Waals surface area (Å²) < 4.78 is 13.8. The van der Waals surface area contributed by atoms with Gasteiger partial charge in [0.15, 0.2) is 5.82 Å².